The van der Waals surface area contributed by atoms with Gasteiger partial charge in [0.25, 0.3) is 5.56 Å². The highest BCUT2D eigenvalue weighted by molar-refractivity contribution is 6.30. The van der Waals surface area contributed by atoms with Crippen molar-refractivity contribution in [2.45, 2.75) is 19.8 Å². The van der Waals surface area contributed by atoms with Crippen LogP contribution in [0.3, 0.4) is 0 Å². The van der Waals surface area contributed by atoms with E-state index in [1.54, 1.807) is 6.07 Å². The van der Waals surface area contributed by atoms with E-state index in [-0.39, 0.29) is 5.56 Å². The fraction of sp³-hybridized carbons (Fsp3) is 0.412. The number of anilines is 2. The van der Waals surface area contributed by atoms with Crippen LogP contribution in [0.25, 0.3) is 0 Å². The van der Waals surface area contributed by atoms with Gasteiger partial charge in [0.2, 0.25) is 5.95 Å². The number of nitrogens with zero attached hydrogens (tertiary/aromatic N) is 3. The zero-order chi connectivity index (χ0) is 16.2. The summed E-state index contributed by atoms with van der Waals surface area (Å²) in [6.07, 6.45) is 1.82. The summed E-state index contributed by atoms with van der Waals surface area (Å²) in [4.78, 5) is 23.7. The molecule has 1 aliphatic rings. The maximum absolute atomic E-state index is 11.8. The Balaban J connectivity index is 1.69. The minimum Gasteiger partial charge on any atom is -0.368 e. The molecular formula is C17H21ClN4O. The minimum atomic E-state index is -0.0708. The summed E-state index contributed by atoms with van der Waals surface area (Å²) in [5.74, 6) is 0.691. The van der Waals surface area contributed by atoms with E-state index >= 15 is 0 Å². The Morgan fingerprint density at radius 2 is 1.78 bits per heavy atom. The summed E-state index contributed by atoms with van der Waals surface area (Å²) in [6, 6.07) is 9.50. The third-order valence-electron chi connectivity index (χ3n) is 4.06. The van der Waals surface area contributed by atoms with Crippen molar-refractivity contribution in [3.63, 3.8) is 0 Å². The molecule has 2 aromatic rings. The molecule has 1 aromatic heterocycles. The Hall–Kier alpha value is -2.01. The predicted octanol–water partition coefficient (Wildman–Crippen LogP) is 2.70. The van der Waals surface area contributed by atoms with Crippen LogP contribution in [0.4, 0.5) is 11.6 Å². The molecule has 5 nitrogen and oxygen atoms in total. The Kier molecular flexibility index (Phi) is 4.86. The van der Waals surface area contributed by atoms with E-state index in [0.717, 1.165) is 49.7 Å². The summed E-state index contributed by atoms with van der Waals surface area (Å²) in [7, 11) is 0. The highest BCUT2D eigenvalue weighted by Gasteiger charge is 2.19. The van der Waals surface area contributed by atoms with Gasteiger partial charge in [0.15, 0.2) is 0 Å². The van der Waals surface area contributed by atoms with E-state index in [9.17, 15) is 4.79 Å². The minimum absolute atomic E-state index is 0.0708. The van der Waals surface area contributed by atoms with Crippen LogP contribution in [0.1, 0.15) is 19.0 Å². The van der Waals surface area contributed by atoms with Crippen LogP contribution < -0.4 is 15.4 Å². The Morgan fingerprint density at radius 3 is 2.43 bits per heavy atom. The first kappa shape index (κ1) is 15.9. The molecule has 0 radical (unpaired) electrons. The SMILES string of the molecule is CCCc1cc(=O)[nH]c(N2CCN(c3ccc(Cl)cc3)CC2)n1. The number of aromatic nitrogens is 2. The number of piperazine rings is 1. The molecule has 0 amide bonds. The Bertz CT molecular complexity index is 705. The summed E-state index contributed by atoms with van der Waals surface area (Å²) < 4.78 is 0. The summed E-state index contributed by atoms with van der Waals surface area (Å²) in [5, 5.41) is 0.752. The fourth-order valence-electron chi connectivity index (χ4n) is 2.86. The van der Waals surface area contributed by atoms with Crippen molar-refractivity contribution in [1.82, 2.24) is 9.97 Å². The molecular weight excluding hydrogens is 312 g/mol. The molecule has 2 heterocycles. The third-order valence-corrected chi connectivity index (χ3v) is 4.31. The van der Waals surface area contributed by atoms with Gasteiger partial charge in [-0.2, -0.15) is 0 Å². The second-order valence-electron chi connectivity index (χ2n) is 5.76. The number of H-pyrrole nitrogens is 1. The van der Waals surface area contributed by atoms with Gasteiger partial charge < -0.3 is 9.80 Å². The van der Waals surface area contributed by atoms with Gasteiger partial charge in [-0.15, -0.1) is 0 Å². The van der Waals surface area contributed by atoms with E-state index in [1.165, 1.54) is 5.69 Å². The van der Waals surface area contributed by atoms with Gasteiger partial charge >= 0.3 is 0 Å². The number of nitrogens with one attached hydrogen (secondary N) is 1. The van der Waals surface area contributed by atoms with Gasteiger partial charge in [0.05, 0.1) is 0 Å². The second kappa shape index (κ2) is 7.04. The van der Waals surface area contributed by atoms with Crippen molar-refractivity contribution in [3.8, 4) is 0 Å². The number of benzene rings is 1. The topological polar surface area (TPSA) is 52.2 Å². The van der Waals surface area contributed by atoms with E-state index in [1.807, 2.05) is 24.3 Å². The molecule has 0 bridgehead atoms. The molecule has 0 spiro atoms. The van der Waals surface area contributed by atoms with Crippen molar-refractivity contribution in [1.29, 1.82) is 0 Å². The highest BCUT2D eigenvalue weighted by Crippen LogP contribution is 2.20. The summed E-state index contributed by atoms with van der Waals surface area (Å²) >= 11 is 5.94. The van der Waals surface area contributed by atoms with E-state index in [2.05, 4.69) is 26.7 Å². The molecule has 3 rings (SSSR count). The van der Waals surface area contributed by atoms with Gasteiger partial charge in [0.1, 0.15) is 0 Å². The number of rotatable bonds is 4. The van der Waals surface area contributed by atoms with Crippen molar-refractivity contribution < 1.29 is 0 Å². The molecule has 0 aliphatic carbocycles. The number of hydrogen-bond acceptors (Lipinski definition) is 4. The lowest BCUT2D eigenvalue weighted by Crippen LogP contribution is -2.47. The molecule has 23 heavy (non-hydrogen) atoms. The zero-order valence-electron chi connectivity index (χ0n) is 13.3. The Labute approximate surface area is 140 Å². The Morgan fingerprint density at radius 1 is 1.13 bits per heavy atom. The summed E-state index contributed by atoms with van der Waals surface area (Å²) in [5.41, 5.74) is 1.97. The van der Waals surface area contributed by atoms with Crippen molar-refractivity contribution in [3.05, 3.63) is 51.4 Å². The first-order chi connectivity index (χ1) is 11.2. The highest BCUT2D eigenvalue weighted by atomic mass is 35.5. The summed E-state index contributed by atoms with van der Waals surface area (Å²) in [6.45, 7) is 5.54. The average Bonchev–Trinajstić information content (AvgIpc) is 2.55. The lowest BCUT2D eigenvalue weighted by atomic mass is 10.2. The fourth-order valence-corrected chi connectivity index (χ4v) is 2.98. The first-order valence-corrected chi connectivity index (χ1v) is 8.39. The standard InChI is InChI=1S/C17H21ClN4O/c1-2-3-14-12-16(23)20-17(19-14)22-10-8-21(9-11-22)15-6-4-13(18)5-7-15/h4-7,12H,2-3,8-11H2,1H3,(H,19,20,23). The normalized spacial score (nSPS) is 15.0. The molecule has 1 aliphatic heterocycles. The zero-order valence-corrected chi connectivity index (χ0v) is 14.0. The first-order valence-electron chi connectivity index (χ1n) is 8.01. The smallest absolute Gasteiger partial charge is 0.252 e. The van der Waals surface area contributed by atoms with Crippen LogP contribution in [0, 0.1) is 0 Å². The van der Waals surface area contributed by atoms with Gasteiger partial charge in [-0.05, 0) is 30.7 Å². The van der Waals surface area contributed by atoms with Gasteiger partial charge in [-0.1, -0.05) is 24.9 Å². The van der Waals surface area contributed by atoms with E-state index < -0.39 is 0 Å². The van der Waals surface area contributed by atoms with Crippen LogP contribution in [0.15, 0.2) is 35.1 Å². The van der Waals surface area contributed by atoms with E-state index in [4.69, 9.17) is 11.6 Å². The molecule has 6 heteroatoms. The number of halogens is 1. The van der Waals surface area contributed by atoms with Crippen LogP contribution in [-0.2, 0) is 6.42 Å². The van der Waals surface area contributed by atoms with Crippen LogP contribution in [0.5, 0.6) is 0 Å². The molecule has 1 saturated heterocycles. The van der Waals surface area contributed by atoms with Crippen LogP contribution >= 0.6 is 11.6 Å². The average molecular weight is 333 g/mol. The molecule has 1 aromatic carbocycles. The molecule has 1 fully saturated rings. The molecule has 1 N–H and O–H groups in total. The molecule has 0 atom stereocenters. The number of aromatic amines is 1. The van der Waals surface area contributed by atoms with Crippen LogP contribution in [0.2, 0.25) is 5.02 Å². The van der Waals surface area contributed by atoms with Crippen molar-refractivity contribution >= 4 is 23.2 Å². The lowest BCUT2D eigenvalue weighted by molar-refractivity contribution is 0.636. The van der Waals surface area contributed by atoms with Crippen molar-refractivity contribution in [2.24, 2.45) is 0 Å². The van der Waals surface area contributed by atoms with Gasteiger partial charge in [0, 0.05) is 48.6 Å². The van der Waals surface area contributed by atoms with Crippen LogP contribution in [-0.4, -0.2) is 36.1 Å². The number of aryl methyl sites for hydroxylation is 1. The number of hydrogen-bond donors (Lipinski definition) is 1. The maximum atomic E-state index is 11.8. The lowest BCUT2D eigenvalue weighted by Gasteiger charge is -2.36. The molecule has 122 valence electrons. The quantitative estimate of drug-likeness (QED) is 0.935. The largest absolute Gasteiger partial charge is 0.368 e. The third kappa shape index (κ3) is 3.85. The monoisotopic (exact) mass is 332 g/mol. The van der Waals surface area contributed by atoms with Crippen molar-refractivity contribution in [2.75, 3.05) is 36.0 Å². The molecule has 0 saturated carbocycles. The molecule has 0 unspecified atom stereocenters. The maximum Gasteiger partial charge on any atom is 0.252 e. The predicted molar refractivity (Wildman–Crippen MR) is 94.7 cm³/mol. The van der Waals surface area contributed by atoms with E-state index in [0.29, 0.717) is 5.95 Å². The van der Waals surface area contributed by atoms with Gasteiger partial charge in [-0.25, -0.2) is 4.98 Å². The second-order valence-corrected chi connectivity index (χ2v) is 6.20. The van der Waals surface area contributed by atoms with Gasteiger partial charge in [-0.3, -0.25) is 9.78 Å².